The highest BCUT2D eigenvalue weighted by Crippen LogP contribution is 2.27. The second-order valence-electron chi connectivity index (χ2n) is 6.65. The third-order valence-electron chi connectivity index (χ3n) is 4.73. The third kappa shape index (κ3) is 3.78. The summed E-state index contributed by atoms with van der Waals surface area (Å²) in [6.45, 7) is 6.12. The van der Waals surface area contributed by atoms with Crippen LogP contribution in [-0.4, -0.2) is 15.6 Å². The molecular weight excluding hydrogens is 416 g/mol. The molecule has 0 aliphatic rings. The number of nitriles is 1. The number of benzene rings is 2. The number of hydrogen-bond donors (Lipinski definition) is 1. The van der Waals surface area contributed by atoms with Crippen molar-refractivity contribution in [3.8, 4) is 11.8 Å². The van der Waals surface area contributed by atoms with Crippen LogP contribution in [0.15, 0.2) is 53.0 Å². The number of aryl methyl sites for hydroxylation is 2. The second kappa shape index (κ2) is 7.87. The number of nitrogens with zero attached hydrogens (tertiary/aromatic N) is 2. The summed E-state index contributed by atoms with van der Waals surface area (Å²) >= 11 is 3.53. The number of carboxylic acids is 1. The molecule has 0 radical (unpaired) electrons. The average Bonchev–Trinajstić information content (AvgIpc) is 2.95. The molecule has 5 heteroatoms. The number of hydrogen-bond acceptors (Lipinski definition) is 2. The fraction of sp³-hybridized carbons (Fsp3) is 0.130. The van der Waals surface area contributed by atoms with Gasteiger partial charge in [0.2, 0.25) is 0 Å². The number of allylic oxidation sites excluding steroid dienone is 1. The van der Waals surface area contributed by atoms with E-state index in [0.29, 0.717) is 11.1 Å². The van der Waals surface area contributed by atoms with E-state index in [0.717, 1.165) is 32.7 Å². The Bertz CT molecular complexity index is 1130. The fourth-order valence-electron chi connectivity index (χ4n) is 3.23. The van der Waals surface area contributed by atoms with Crippen molar-refractivity contribution in [2.75, 3.05) is 0 Å². The Morgan fingerprint density at radius 3 is 2.29 bits per heavy atom. The highest BCUT2D eigenvalue weighted by Gasteiger charge is 2.12. The van der Waals surface area contributed by atoms with Crippen LogP contribution in [0.5, 0.6) is 0 Å². The van der Waals surface area contributed by atoms with Crippen molar-refractivity contribution in [3.63, 3.8) is 0 Å². The lowest BCUT2D eigenvalue weighted by atomic mass is 10.0. The molecule has 140 valence electrons. The zero-order valence-electron chi connectivity index (χ0n) is 15.8. The standard InChI is InChI=1S/C23H19BrN2O2/c1-14-10-21(8-9-22(14)24)26-15(2)11-19(16(26)3)12-20(13-25)17-4-6-18(7-5-17)23(27)28/h4-12H,1-3H3,(H,27,28). The Balaban J connectivity index is 2.05. The van der Waals surface area contributed by atoms with E-state index in [-0.39, 0.29) is 5.56 Å². The van der Waals surface area contributed by atoms with E-state index in [1.165, 1.54) is 12.1 Å². The molecule has 0 atom stereocenters. The molecule has 1 heterocycles. The van der Waals surface area contributed by atoms with E-state index in [1.54, 1.807) is 12.1 Å². The van der Waals surface area contributed by atoms with E-state index >= 15 is 0 Å². The summed E-state index contributed by atoms with van der Waals surface area (Å²) in [7, 11) is 0. The minimum absolute atomic E-state index is 0.199. The van der Waals surface area contributed by atoms with Gasteiger partial charge in [-0.3, -0.25) is 0 Å². The van der Waals surface area contributed by atoms with Crippen molar-refractivity contribution in [2.24, 2.45) is 0 Å². The van der Waals surface area contributed by atoms with Gasteiger partial charge in [-0.15, -0.1) is 0 Å². The molecule has 0 bridgehead atoms. The van der Waals surface area contributed by atoms with Gasteiger partial charge in [0.05, 0.1) is 17.2 Å². The molecular formula is C23H19BrN2O2. The maximum atomic E-state index is 11.0. The summed E-state index contributed by atoms with van der Waals surface area (Å²) in [4.78, 5) is 11.0. The predicted octanol–water partition coefficient (Wildman–Crippen LogP) is 5.93. The van der Waals surface area contributed by atoms with Gasteiger partial charge in [-0.05, 0) is 79.9 Å². The summed E-state index contributed by atoms with van der Waals surface area (Å²) in [5.41, 5.74) is 6.67. The molecule has 0 aliphatic carbocycles. The van der Waals surface area contributed by atoms with Gasteiger partial charge in [-0.25, -0.2) is 4.79 Å². The average molecular weight is 435 g/mol. The van der Waals surface area contributed by atoms with Crippen molar-refractivity contribution in [3.05, 3.63) is 86.6 Å². The number of carboxylic acid groups (broad SMARTS) is 1. The van der Waals surface area contributed by atoms with Crippen LogP contribution < -0.4 is 0 Å². The number of aromatic nitrogens is 1. The van der Waals surface area contributed by atoms with Crippen molar-refractivity contribution >= 4 is 33.5 Å². The Morgan fingerprint density at radius 1 is 1.07 bits per heavy atom. The Kier molecular flexibility index (Phi) is 5.53. The first-order valence-electron chi connectivity index (χ1n) is 8.73. The molecule has 0 spiro atoms. The van der Waals surface area contributed by atoms with Crippen LogP contribution in [0.25, 0.3) is 17.3 Å². The number of aromatic carboxylic acids is 1. The quantitative estimate of drug-likeness (QED) is 0.517. The van der Waals surface area contributed by atoms with Gasteiger partial charge in [-0.2, -0.15) is 5.26 Å². The molecule has 2 aromatic carbocycles. The molecule has 1 aromatic heterocycles. The van der Waals surface area contributed by atoms with Gasteiger partial charge in [0.15, 0.2) is 0 Å². The topological polar surface area (TPSA) is 66.0 Å². The highest BCUT2D eigenvalue weighted by atomic mass is 79.9. The maximum Gasteiger partial charge on any atom is 0.335 e. The minimum Gasteiger partial charge on any atom is -0.478 e. The lowest BCUT2D eigenvalue weighted by molar-refractivity contribution is 0.0697. The van der Waals surface area contributed by atoms with Crippen LogP contribution in [0, 0.1) is 32.1 Å². The van der Waals surface area contributed by atoms with Crippen molar-refractivity contribution < 1.29 is 9.90 Å². The van der Waals surface area contributed by atoms with E-state index in [9.17, 15) is 10.1 Å². The van der Waals surface area contributed by atoms with Crippen molar-refractivity contribution in [2.45, 2.75) is 20.8 Å². The van der Waals surface area contributed by atoms with Crippen LogP contribution >= 0.6 is 15.9 Å². The van der Waals surface area contributed by atoms with Crippen LogP contribution in [-0.2, 0) is 0 Å². The molecule has 28 heavy (non-hydrogen) atoms. The van der Waals surface area contributed by atoms with E-state index in [4.69, 9.17) is 5.11 Å². The third-order valence-corrected chi connectivity index (χ3v) is 5.62. The first kappa shape index (κ1) is 19.7. The van der Waals surface area contributed by atoms with Crippen LogP contribution in [0.1, 0.15) is 38.4 Å². The normalized spacial score (nSPS) is 11.3. The Hall–Kier alpha value is -3.10. The Labute approximate surface area is 172 Å². The van der Waals surface area contributed by atoms with E-state index in [1.807, 2.05) is 26.0 Å². The van der Waals surface area contributed by atoms with Crippen molar-refractivity contribution in [1.82, 2.24) is 4.57 Å². The summed E-state index contributed by atoms with van der Waals surface area (Å²) in [5.74, 6) is -0.984. The first-order valence-corrected chi connectivity index (χ1v) is 9.52. The van der Waals surface area contributed by atoms with Gasteiger partial charge in [-0.1, -0.05) is 28.1 Å². The fourth-order valence-corrected chi connectivity index (χ4v) is 3.47. The van der Waals surface area contributed by atoms with Crippen LogP contribution in [0.3, 0.4) is 0 Å². The van der Waals surface area contributed by atoms with Gasteiger partial charge in [0, 0.05) is 21.5 Å². The molecule has 1 N–H and O–H groups in total. The zero-order chi connectivity index (χ0) is 20.4. The Morgan fingerprint density at radius 2 is 1.71 bits per heavy atom. The molecule has 0 saturated carbocycles. The number of halogens is 1. The maximum absolute atomic E-state index is 11.0. The monoisotopic (exact) mass is 434 g/mol. The number of carbonyl (C=O) groups is 1. The van der Waals surface area contributed by atoms with Crippen LogP contribution in [0.2, 0.25) is 0 Å². The molecule has 3 rings (SSSR count). The summed E-state index contributed by atoms with van der Waals surface area (Å²) in [5, 5.41) is 18.7. The lowest BCUT2D eigenvalue weighted by Crippen LogP contribution is -1.99. The van der Waals surface area contributed by atoms with Gasteiger partial charge in [0.1, 0.15) is 0 Å². The van der Waals surface area contributed by atoms with Gasteiger partial charge in [0.25, 0.3) is 0 Å². The molecule has 0 fully saturated rings. The second-order valence-corrected chi connectivity index (χ2v) is 7.50. The lowest BCUT2D eigenvalue weighted by Gasteiger charge is -2.11. The SMILES string of the molecule is Cc1cc(-n2c(C)cc(C=C(C#N)c3ccc(C(=O)O)cc3)c2C)ccc1Br. The van der Waals surface area contributed by atoms with Crippen LogP contribution in [0.4, 0.5) is 0 Å². The molecule has 0 unspecified atom stereocenters. The molecule has 3 aromatic rings. The van der Waals surface area contributed by atoms with E-state index in [2.05, 4.69) is 51.7 Å². The van der Waals surface area contributed by atoms with Crippen molar-refractivity contribution in [1.29, 1.82) is 5.26 Å². The first-order chi connectivity index (χ1) is 13.3. The summed E-state index contributed by atoms with van der Waals surface area (Å²) < 4.78 is 3.23. The number of rotatable bonds is 4. The molecule has 0 amide bonds. The molecule has 0 saturated heterocycles. The minimum atomic E-state index is -0.984. The molecule has 4 nitrogen and oxygen atoms in total. The highest BCUT2D eigenvalue weighted by molar-refractivity contribution is 9.10. The van der Waals surface area contributed by atoms with Gasteiger partial charge < -0.3 is 9.67 Å². The molecule has 0 aliphatic heterocycles. The zero-order valence-corrected chi connectivity index (χ0v) is 17.4. The predicted molar refractivity (Wildman–Crippen MR) is 115 cm³/mol. The van der Waals surface area contributed by atoms with E-state index < -0.39 is 5.97 Å². The smallest absolute Gasteiger partial charge is 0.335 e. The van der Waals surface area contributed by atoms with Gasteiger partial charge >= 0.3 is 5.97 Å². The summed E-state index contributed by atoms with van der Waals surface area (Å²) in [6, 6.07) is 16.8. The largest absolute Gasteiger partial charge is 0.478 e. The summed E-state index contributed by atoms with van der Waals surface area (Å²) in [6.07, 6.45) is 1.85.